The molecule has 0 aliphatic heterocycles. The van der Waals surface area contributed by atoms with Crippen LogP contribution in [0.25, 0.3) is 10.9 Å². The van der Waals surface area contributed by atoms with E-state index in [-0.39, 0.29) is 0 Å². The molecule has 0 unspecified atom stereocenters. The summed E-state index contributed by atoms with van der Waals surface area (Å²) in [5.74, 6) is 1.10. The van der Waals surface area contributed by atoms with Gasteiger partial charge in [0.05, 0.1) is 4.88 Å². The van der Waals surface area contributed by atoms with Crippen molar-refractivity contribution in [3.05, 3.63) is 52.3 Å². The van der Waals surface area contributed by atoms with E-state index in [0.29, 0.717) is 17.8 Å². The zero-order chi connectivity index (χ0) is 17.2. The molecule has 4 rings (SSSR count). The number of hydrogen-bond donors (Lipinski definition) is 4. The molecule has 1 aliphatic carbocycles. The predicted octanol–water partition coefficient (Wildman–Crippen LogP) is 4.91. The van der Waals surface area contributed by atoms with Gasteiger partial charge in [0.15, 0.2) is 0 Å². The van der Waals surface area contributed by atoms with E-state index in [1.165, 1.54) is 36.6 Å². The van der Waals surface area contributed by atoms with Gasteiger partial charge < -0.3 is 15.6 Å². The Morgan fingerprint density at radius 1 is 1.20 bits per heavy atom. The van der Waals surface area contributed by atoms with Gasteiger partial charge >= 0.3 is 0 Å². The molecule has 1 aliphatic rings. The van der Waals surface area contributed by atoms with Gasteiger partial charge in [-0.05, 0) is 67.8 Å². The topological polar surface area (TPSA) is 63.7 Å². The minimum absolute atomic E-state index is 0.450. The van der Waals surface area contributed by atoms with Crippen LogP contribution < -0.4 is 10.6 Å². The quantitative estimate of drug-likeness (QED) is 0.398. The SMILES string of the molecule is CNC1CCC(c2c[nH]c3cc(NC(=N)c4cccs4)ccc23)CC1. The summed E-state index contributed by atoms with van der Waals surface area (Å²) in [7, 11) is 2.07. The molecule has 0 radical (unpaired) electrons. The first-order valence-electron chi connectivity index (χ1n) is 8.92. The minimum Gasteiger partial charge on any atom is -0.361 e. The van der Waals surface area contributed by atoms with Crippen molar-refractivity contribution in [2.24, 2.45) is 0 Å². The van der Waals surface area contributed by atoms with Crippen LogP contribution in [-0.2, 0) is 0 Å². The van der Waals surface area contributed by atoms with Gasteiger partial charge in [0, 0.05) is 28.8 Å². The molecule has 4 nitrogen and oxygen atoms in total. The molecule has 5 heteroatoms. The molecule has 3 aromatic rings. The fraction of sp³-hybridized carbons (Fsp3) is 0.350. The molecule has 0 bridgehead atoms. The molecule has 2 aromatic heterocycles. The van der Waals surface area contributed by atoms with Crippen LogP contribution in [0, 0.1) is 5.41 Å². The number of amidine groups is 1. The van der Waals surface area contributed by atoms with Crippen LogP contribution in [0.15, 0.2) is 41.9 Å². The lowest BCUT2D eigenvalue weighted by atomic mass is 9.81. The molecular formula is C20H24N4S. The first kappa shape index (κ1) is 16.4. The van der Waals surface area contributed by atoms with Crippen LogP contribution in [0.4, 0.5) is 5.69 Å². The molecule has 0 atom stereocenters. The van der Waals surface area contributed by atoms with Crippen molar-refractivity contribution in [3.63, 3.8) is 0 Å². The summed E-state index contributed by atoms with van der Waals surface area (Å²) >= 11 is 1.58. The summed E-state index contributed by atoms with van der Waals surface area (Å²) < 4.78 is 0. The normalized spacial score (nSPS) is 20.7. The third kappa shape index (κ3) is 3.34. The standard InChI is InChI=1S/C20H24N4S/c1-22-14-6-4-13(5-7-14)17-12-23-18-11-15(8-9-16(17)18)24-20(21)19-3-2-10-25-19/h2-3,8-14,22-23H,4-7H2,1H3,(H2,21,24). The molecule has 4 N–H and O–H groups in total. The van der Waals surface area contributed by atoms with Crippen molar-refractivity contribution in [3.8, 4) is 0 Å². The predicted molar refractivity (Wildman–Crippen MR) is 107 cm³/mol. The van der Waals surface area contributed by atoms with E-state index in [0.717, 1.165) is 16.1 Å². The summed E-state index contributed by atoms with van der Waals surface area (Å²) in [6.07, 6.45) is 7.20. The van der Waals surface area contributed by atoms with Gasteiger partial charge in [0.2, 0.25) is 0 Å². The highest BCUT2D eigenvalue weighted by molar-refractivity contribution is 7.12. The molecule has 0 spiro atoms. The Morgan fingerprint density at radius 2 is 2.04 bits per heavy atom. The molecule has 1 aromatic carbocycles. The van der Waals surface area contributed by atoms with Gasteiger partial charge in [-0.15, -0.1) is 11.3 Å². The summed E-state index contributed by atoms with van der Waals surface area (Å²) in [6, 6.07) is 11.0. The lowest BCUT2D eigenvalue weighted by Gasteiger charge is -2.28. The minimum atomic E-state index is 0.450. The number of benzene rings is 1. The lowest BCUT2D eigenvalue weighted by molar-refractivity contribution is 0.360. The largest absolute Gasteiger partial charge is 0.361 e. The zero-order valence-corrected chi connectivity index (χ0v) is 15.2. The summed E-state index contributed by atoms with van der Waals surface area (Å²) in [5, 5.41) is 18.1. The Labute approximate surface area is 152 Å². The molecule has 2 heterocycles. The van der Waals surface area contributed by atoms with Gasteiger partial charge in [-0.25, -0.2) is 0 Å². The molecule has 1 saturated carbocycles. The van der Waals surface area contributed by atoms with E-state index >= 15 is 0 Å². The number of H-pyrrole nitrogens is 1. The second kappa shape index (κ2) is 7.02. The maximum Gasteiger partial charge on any atom is 0.140 e. The summed E-state index contributed by atoms with van der Waals surface area (Å²) in [5.41, 5.74) is 3.55. The van der Waals surface area contributed by atoms with Crippen LogP contribution in [0.5, 0.6) is 0 Å². The highest BCUT2D eigenvalue weighted by Crippen LogP contribution is 2.37. The Hall–Kier alpha value is -2.11. The summed E-state index contributed by atoms with van der Waals surface area (Å²) in [4.78, 5) is 4.39. The second-order valence-electron chi connectivity index (χ2n) is 6.82. The van der Waals surface area contributed by atoms with Crippen molar-refractivity contribution < 1.29 is 0 Å². The molecule has 25 heavy (non-hydrogen) atoms. The number of hydrogen-bond acceptors (Lipinski definition) is 3. The molecule has 0 saturated heterocycles. The number of thiophene rings is 1. The van der Waals surface area contributed by atoms with E-state index < -0.39 is 0 Å². The Bertz CT molecular complexity index is 857. The van der Waals surface area contributed by atoms with E-state index in [2.05, 4.69) is 47.1 Å². The fourth-order valence-corrected chi connectivity index (χ4v) is 4.51. The molecule has 130 valence electrons. The number of aromatic nitrogens is 1. The highest BCUT2D eigenvalue weighted by atomic mass is 32.1. The van der Waals surface area contributed by atoms with Crippen LogP contribution >= 0.6 is 11.3 Å². The van der Waals surface area contributed by atoms with Crippen molar-refractivity contribution in [1.29, 1.82) is 5.41 Å². The average molecular weight is 353 g/mol. The number of nitrogens with one attached hydrogen (secondary N) is 4. The van der Waals surface area contributed by atoms with Crippen molar-refractivity contribution in [1.82, 2.24) is 10.3 Å². The number of fused-ring (bicyclic) bond motifs is 1. The van der Waals surface area contributed by atoms with Gasteiger partial charge in [-0.2, -0.15) is 0 Å². The highest BCUT2D eigenvalue weighted by Gasteiger charge is 2.23. The smallest absolute Gasteiger partial charge is 0.140 e. The fourth-order valence-electron chi connectivity index (χ4n) is 3.88. The van der Waals surface area contributed by atoms with Crippen LogP contribution in [0.2, 0.25) is 0 Å². The lowest BCUT2D eigenvalue weighted by Crippen LogP contribution is -2.29. The zero-order valence-electron chi connectivity index (χ0n) is 14.4. The second-order valence-corrected chi connectivity index (χ2v) is 7.77. The van der Waals surface area contributed by atoms with Crippen molar-refractivity contribution >= 4 is 33.8 Å². The summed E-state index contributed by atoms with van der Waals surface area (Å²) in [6.45, 7) is 0. The number of anilines is 1. The molecular weight excluding hydrogens is 328 g/mol. The van der Waals surface area contributed by atoms with E-state index in [1.54, 1.807) is 11.3 Å². The number of rotatable bonds is 4. The number of aromatic amines is 1. The van der Waals surface area contributed by atoms with Crippen LogP contribution in [0.1, 0.15) is 42.0 Å². The van der Waals surface area contributed by atoms with Gasteiger partial charge in [-0.1, -0.05) is 12.1 Å². The van der Waals surface area contributed by atoms with E-state index in [9.17, 15) is 0 Å². The van der Waals surface area contributed by atoms with Crippen molar-refractivity contribution in [2.45, 2.75) is 37.6 Å². The monoisotopic (exact) mass is 352 g/mol. The van der Waals surface area contributed by atoms with Gasteiger partial charge in [0.1, 0.15) is 5.84 Å². The third-order valence-corrected chi connectivity index (χ3v) is 6.21. The maximum absolute atomic E-state index is 8.18. The van der Waals surface area contributed by atoms with E-state index in [1.807, 2.05) is 17.5 Å². The Kier molecular flexibility index (Phi) is 4.59. The average Bonchev–Trinajstić information content (AvgIpc) is 3.31. The first-order chi connectivity index (χ1) is 12.2. The Morgan fingerprint density at radius 3 is 2.76 bits per heavy atom. The Balaban J connectivity index is 1.52. The molecule has 1 fully saturated rings. The van der Waals surface area contributed by atoms with Crippen LogP contribution in [0.3, 0.4) is 0 Å². The first-order valence-corrected chi connectivity index (χ1v) is 9.80. The van der Waals surface area contributed by atoms with E-state index in [4.69, 9.17) is 5.41 Å². The van der Waals surface area contributed by atoms with Crippen LogP contribution in [-0.4, -0.2) is 23.9 Å². The third-order valence-electron chi connectivity index (χ3n) is 5.33. The molecule has 0 amide bonds. The van der Waals surface area contributed by atoms with Gasteiger partial charge in [0.25, 0.3) is 0 Å². The van der Waals surface area contributed by atoms with Gasteiger partial charge in [-0.3, -0.25) is 5.41 Å². The van der Waals surface area contributed by atoms with Crippen molar-refractivity contribution in [2.75, 3.05) is 12.4 Å². The maximum atomic E-state index is 8.18.